The summed E-state index contributed by atoms with van der Waals surface area (Å²) in [5, 5.41) is 1.05. The van der Waals surface area contributed by atoms with Gasteiger partial charge in [0.25, 0.3) is 0 Å². The largest absolute Gasteiger partial charge is 0.455 e. The van der Waals surface area contributed by atoms with E-state index in [1.165, 1.54) is 6.92 Å². The third kappa shape index (κ3) is 1.83. The molecular formula is C21H22N2O4. The first-order chi connectivity index (χ1) is 12.9. The minimum atomic E-state index is -1.32. The summed E-state index contributed by atoms with van der Waals surface area (Å²) in [5.41, 5.74) is 0.524. The van der Waals surface area contributed by atoms with Crippen LogP contribution in [0.3, 0.4) is 0 Å². The molecule has 1 aromatic heterocycles. The van der Waals surface area contributed by atoms with Crippen LogP contribution in [0.1, 0.15) is 31.5 Å². The predicted molar refractivity (Wildman–Crippen MR) is 98.1 cm³/mol. The van der Waals surface area contributed by atoms with Gasteiger partial charge in [0.2, 0.25) is 5.91 Å². The summed E-state index contributed by atoms with van der Waals surface area (Å²) in [5.74, 6) is -0.777. The number of hydrogen-bond donors (Lipinski definition) is 1. The molecule has 1 aliphatic carbocycles. The molecular weight excluding hydrogens is 344 g/mol. The molecule has 4 unspecified atom stereocenters. The molecule has 1 aromatic carbocycles. The molecule has 0 saturated carbocycles. The third-order valence-corrected chi connectivity index (χ3v) is 7.09. The third-order valence-electron chi connectivity index (χ3n) is 7.09. The Hall–Kier alpha value is -2.63. The van der Waals surface area contributed by atoms with Gasteiger partial charge in [-0.3, -0.25) is 9.59 Å². The van der Waals surface area contributed by atoms with Crippen molar-refractivity contribution in [3.63, 3.8) is 0 Å². The molecule has 3 heterocycles. The number of piperidine rings is 1. The number of aromatic amines is 1. The van der Waals surface area contributed by atoms with Crippen molar-refractivity contribution in [2.75, 3.05) is 13.1 Å². The smallest absolute Gasteiger partial charge is 0.326 e. The number of esters is 1. The Morgan fingerprint density at radius 1 is 1.37 bits per heavy atom. The van der Waals surface area contributed by atoms with Crippen molar-refractivity contribution >= 4 is 29.1 Å². The van der Waals surface area contributed by atoms with Gasteiger partial charge in [0, 0.05) is 41.9 Å². The van der Waals surface area contributed by atoms with Crippen LogP contribution in [-0.2, 0) is 31.0 Å². The molecule has 2 fully saturated rings. The zero-order valence-electron chi connectivity index (χ0n) is 15.5. The van der Waals surface area contributed by atoms with E-state index in [4.69, 9.17) is 4.74 Å². The number of rotatable bonds is 1. The average molecular weight is 366 g/mol. The highest BCUT2D eigenvalue weighted by molar-refractivity contribution is 6.05. The quantitative estimate of drug-likeness (QED) is 0.475. The molecule has 0 radical (unpaired) electrons. The number of carbonyl (C=O) groups excluding carboxylic acids is 3. The van der Waals surface area contributed by atoms with Crippen molar-refractivity contribution in [2.24, 2.45) is 11.8 Å². The van der Waals surface area contributed by atoms with Crippen molar-refractivity contribution in [3.05, 3.63) is 35.5 Å². The fraction of sp³-hybridized carbons (Fsp3) is 0.476. The van der Waals surface area contributed by atoms with Crippen LogP contribution in [0.4, 0.5) is 0 Å². The summed E-state index contributed by atoms with van der Waals surface area (Å²) in [6.45, 7) is 4.51. The fourth-order valence-corrected chi connectivity index (χ4v) is 5.71. The lowest BCUT2D eigenvalue weighted by atomic mass is 9.64. The van der Waals surface area contributed by atoms with Gasteiger partial charge in [-0.1, -0.05) is 25.1 Å². The van der Waals surface area contributed by atoms with Gasteiger partial charge in [-0.05, 0) is 24.5 Å². The lowest BCUT2D eigenvalue weighted by molar-refractivity contribution is -0.165. The highest BCUT2D eigenvalue weighted by atomic mass is 16.6. The van der Waals surface area contributed by atoms with E-state index >= 15 is 0 Å². The Kier molecular flexibility index (Phi) is 3.19. The van der Waals surface area contributed by atoms with Crippen LogP contribution in [-0.4, -0.2) is 46.7 Å². The van der Waals surface area contributed by atoms with Gasteiger partial charge in [0.05, 0.1) is 6.54 Å². The summed E-state index contributed by atoms with van der Waals surface area (Å²) in [6, 6.07) is 7.92. The van der Waals surface area contributed by atoms with Gasteiger partial charge >= 0.3 is 5.97 Å². The highest BCUT2D eigenvalue weighted by Crippen LogP contribution is 2.57. The zero-order valence-corrected chi connectivity index (χ0v) is 15.5. The number of aromatic nitrogens is 1. The topological polar surface area (TPSA) is 79.5 Å². The van der Waals surface area contributed by atoms with Crippen LogP contribution in [0.2, 0.25) is 0 Å². The van der Waals surface area contributed by atoms with Gasteiger partial charge in [-0.15, -0.1) is 0 Å². The molecule has 2 aliphatic heterocycles. The normalized spacial score (nSPS) is 34.6. The predicted octanol–water partition coefficient (Wildman–Crippen LogP) is 1.96. The van der Waals surface area contributed by atoms with E-state index in [0.29, 0.717) is 31.6 Å². The van der Waals surface area contributed by atoms with E-state index < -0.39 is 17.0 Å². The molecule has 2 aromatic rings. The standard InChI is InChI=1S/C21H22N2O4/c1-12-9-15-14-5-3-4-6-16(14)22-18(15)20(11-24)17-7-8-23(13(2)25)10-21(12,17)27-19(20)26/h3-6,11-12,17,22H,7-10H2,1-2H3. The summed E-state index contributed by atoms with van der Waals surface area (Å²) >= 11 is 0. The Morgan fingerprint density at radius 2 is 2.15 bits per heavy atom. The number of para-hydroxylation sites is 1. The van der Waals surface area contributed by atoms with Crippen LogP contribution < -0.4 is 0 Å². The maximum atomic E-state index is 13.2. The number of H-pyrrole nitrogens is 1. The molecule has 2 saturated heterocycles. The Labute approximate surface area is 156 Å². The van der Waals surface area contributed by atoms with Crippen molar-refractivity contribution in [1.82, 2.24) is 9.88 Å². The van der Waals surface area contributed by atoms with E-state index in [0.717, 1.165) is 22.8 Å². The lowest BCUT2D eigenvalue weighted by Gasteiger charge is -2.46. The number of nitrogens with one attached hydrogen (secondary N) is 1. The van der Waals surface area contributed by atoms with Crippen LogP contribution >= 0.6 is 0 Å². The average Bonchev–Trinajstić information content (AvgIpc) is 3.11. The summed E-state index contributed by atoms with van der Waals surface area (Å²) in [6.07, 6.45) is 2.06. The second-order valence-electron chi connectivity index (χ2n) is 8.24. The molecule has 5 rings (SSSR count). The number of ether oxygens (including phenoxy) is 1. The first kappa shape index (κ1) is 16.5. The summed E-state index contributed by atoms with van der Waals surface area (Å²) in [7, 11) is 0. The van der Waals surface area contributed by atoms with Gasteiger partial charge in [-0.25, -0.2) is 0 Å². The second kappa shape index (κ2) is 5.21. The number of hydrogen-bond acceptors (Lipinski definition) is 4. The molecule has 1 N–H and O–H groups in total. The molecule has 140 valence electrons. The number of carbonyl (C=O) groups is 3. The SMILES string of the molecule is CC(=O)N1CCC2C3(C=O)C(=O)OC2(C1)C(C)Cc1c3[nH]c2ccccc12. The van der Waals surface area contributed by atoms with Crippen molar-refractivity contribution in [3.8, 4) is 0 Å². The summed E-state index contributed by atoms with van der Waals surface area (Å²) in [4.78, 5) is 42.9. The molecule has 0 spiro atoms. The van der Waals surface area contributed by atoms with Gasteiger partial charge in [-0.2, -0.15) is 0 Å². The van der Waals surface area contributed by atoms with Crippen LogP contribution in [0.25, 0.3) is 10.9 Å². The highest BCUT2D eigenvalue weighted by Gasteiger charge is 2.71. The van der Waals surface area contributed by atoms with Crippen molar-refractivity contribution in [2.45, 2.75) is 37.7 Å². The minimum Gasteiger partial charge on any atom is -0.455 e. The minimum absolute atomic E-state index is 0.00381. The number of aldehydes is 1. The van der Waals surface area contributed by atoms with Gasteiger partial charge < -0.3 is 19.4 Å². The molecule has 6 nitrogen and oxygen atoms in total. The number of nitrogens with zero attached hydrogens (tertiary/aromatic N) is 1. The van der Waals surface area contributed by atoms with E-state index in [9.17, 15) is 14.4 Å². The van der Waals surface area contributed by atoms with E-state index in [2.05, 4.69) is 11.9 Å². The van der Waals surface area contributed by atoms with E-state index in [1.54, 1.807) is 4.90 Å². The second-order valence-corrected chi connectivity index (χ2v) is 8.24. The zero-order chi connectivity index (χ0) is 19.0. The van der Waals surface area contributed by atoms with Gasteiger partial charge in [0.15, 0.2) is 5.41 Å². The van der Waals surface area contributed by atoms with Crippen molar-refractivity contribution in [1.29, 1.82) is 0 Å². The Balaban J connectivity index is 1.78. The first-order valence-electron chi connectivity index (χ1n) is 9.49. The van der Waals surface area contributed by atoms with Crippen LogP contribution in [0.5, 0.6) is 0 Å². The maximum absolute atomic E-state index is 13.2. The lowest BCUT2D eigenvalue weighted by Crippen LogP contribution is -2.59. The van der Waals surface area contributed by atoms with Crippen LogP contribution in [0, 0.1) is 11.8 Å². The van der Waals surface area contributed by atoms with E-state index in [-0.39, 0.29) is 17.7 Å². The molecule has 27 heavy (non-hydrogen) atoms. The monoisotopic (exact) mass is 366 g/mol. The fourth-order valence-electron chi connectivity index (χ4n) is 5.71. The van der Waals surface area contributed by atoms with Crippen LogP contribution in [0.15, 0.2) is 24.3 Å². The van der Waals surface area contributed by atoms with E-state index in [1.807, 2.05) is 24.3 Å². The maximum Gasteiger partial charge on any atom is 0.326 e. The molecule has 6 heteroatoms. The molecule has 4 atom stereocenters. The van der Waals surface area contributed by atoms with Gasteiger partial charge in [0.1, 0.15) is 11.9 Å². The number of amides is 1. The Morgan fingerprint density at radius 3 is 2.89 bits per heavy atom. The molecule has 1 amide bonds. The molecule has 3 aliphatic rings. The number of benzene rings is 1. The van der Waals surface area contributed by atoms with Crippen molar-refractivity contribution < 1.29 is 19.1 Å². The number of likely N-dealkylation sites (tertiary alicyclic amines) is 1. The number of fused-ring (bicyclic) bond motifs is 4. The molecule has 2 bridgehead atoms. The first-order valence-corrected chi connectivity index (χ1v) is 9.49. The Bertz CT molecular complexity index is 995. The summed E-state index contributed by atoms with van der Waals surface area (Å²) < 4.78 is 6.01.